The Kier molecular flexibility index (Phi) is 5.51. The number of nitrogens with zero attached hydrogens (tertiary/aromatic N) is 2. The lowest BCUT2D eigenvalue weighted by molar-refractivity contribution is -0.140. The van der Waals surface area contributed by atoms with E-state index < -0.39 is 29.5 Å². The molecule has 1 aromatic carbocycles. The third-order valence-electron chi connectivity index (χ3n) is 4.48. The molecule has 2 heterocycles. The summed E-state index contributed by atoms with van der Waals surface area (Å²) < 4.78 is 53.3. The highest BCUT2D eigenvalue weighted by atomic mass is 32.2. The van der Waals surface area contributed by atoms with E-state index in [-0.39, 0.29) is 17.7 Å². The van der Waals surface area contributed by atoms with Gasteiger partial charge in [0.05, 0.1) is 11.6 Å². The topological polar surface area (TPSA) is 64.0 Å². The van der Waals surface area contributed by atoms with Crippen molar-refractivity contribution >= 4 is 23.4 Å². The standard InChI is InChI=1S/C18H17F4N3O2S/c1-3-12-9(2)23-17-25(16(12)27)11(8-28-17)7-15(26)24-10-4-5-14(19)13(6-10)18(20,21)22/h4-6,11H,3,7-8H2,1-2H3,(H,24,26). The van der Waals surface area contributed by atoms with Crippen LogP contribution in [0, 0.1) is 12.7 Å². The van der Waals surface area contributed by atoms with Gasteiger partial charge in [0.2, 0.25) is 5.91 Å². The van der Waals surface area contributed by atoms with Crippen molar-refractivity contribution < 1.29 is 22.4 Å². The maximum absolute atomic E-state index is 13.4. The molecule has 150 valence electrons. The minimum absolute atomic E-state index is 0.105. The van der Waals surface area contributed by atoms with Gasteiger partial charge in [-0.1, -0.05) is 18.7 Å². The van der Waals surface area contributed by atoms with E-state index in [0.29, 0.717) is 40.7 Å². The zero-order chi connectivity index (χ0) is 20.6. The quantitative estimate of drug-likeness (QED) is 0.607. The van der Waals surface area contributed by atoms with E-state index in [4.69, 9.17) is 0 Å². The third-order valence-corrected chi connectivity index (χ3v) is 5.58. The zero-order valence-corrected chi connectivity index (χ0v) is 15.9. The van der Waals surface area contributed by atoms with Crippen LogP contribution in [0.1, 0.15) is 36.2 Å². The molecule has 1 aliphatic rings. The molecule has 0 radical (unpaired) electrons. The van der Waals surface area contributed by atoms with Crippen LogP contribution < -0.4 is 10.9 Å². The van der Waals surface area contributed by atoms with Gasteiger partial charge in [-0.05, 0) is 31.5 Å². The highest BCUT2D eigenvalue weighted by Crippen LogP contribution is 2.34. The molecule has 1 aromatic heterocycles. The number of hydrogen-bond acceptors (Lipinski definition) is 4. The maximum atomic E-state index is 13.4. The highest BCUT2D eigenvalue weighted by Gasteiger charge is 2.34. The number of alkyl halides is 3. The summed E-state index contributed by atoms with van der Waals surface area (Å²) in [4.78, 5) is 29.4. The number of anilines is 1. The fourth-order valence-electron chi connectivity index (χ4n) is 3.12. The van der Waals surface area contributed by atoms with Crippen molar-refractivity contribution in [3.8, 4) is 0 Å². The smallest absolute Gasteiger partial charge is 0.326 e. The van der Waals surface area contributed by atoms with Crippen LogP contribution in [0.3, 0.4) is 0 Å². The Morgan fingerprint density at radius 3 is 2.75 bits per heavy atom. The number of rotatable bonds is 4. The van der Waals surface area contributed by atoms with E-state index in [1.807, 2.05) is 6.92 Å². The van der Waals surface area contributed by atoms with Gasteiger partial charge in [0.15, 0.2) is 5.16 Å². The molecular formula is C18H17F4N3O2S. The second-order valence-corrected chi connectivity index (χ2v) is 7.38. The molecule has 10 heteroatoms. The van der Waals surface area contributed by atoms with E-state index >= 15 is 0 Å². The highest BCUT2D eigenvalue weighted by molar-refractivity contribution is 7.99. The summed E-state index contributed by atoms with van der Waals surface area (Å²) in [6.45, 7) is 3.60. The zero-order valence-electron chi connectivity index (χ0n) is 15.1. The van der Waals surface area contributed by atoms with Crippen LogP contribution in [-0.2, 0) is 17.4 Å². The number of nitrogens with one attached hydrogen (secondary N) is 1. The largest absolute Gasteiger partial charge is 0.419 e. The second kappa shape index (κ2) is 7.57. The normalized spacial score (nSPS) is 16.1. The summed E-state index contributed by atoms with van der Waals surface area (Å²) in [6, 6.07) is 1.82. The van der Waals surface area contributed by atoms with E-state index in [0.717, 1.165) is 6.07 Å². The number of benzene rings is 1. The molecule has 0 bridgehead atoms. The van der Waals surface area contributed by atoms with Gasteiger partial charge in [-0.15, -0.1) is 0 Å². The summed E-state index contributed by atoms with van der Waals surface area (Å²) in [7, 11) is 0. The first-order chi connectivity index (χ1) is 13.1. The molecule has 1 atom stereocenters. The van der Waals surface area contributed by atoms with Crippen molar-refractivity contribution in [3.63, 3.8) is 0 Å². The van der Waals surface area contributed by atoms with Crippen molar-refractivity contribution in [2.45, 2.75) is 44.1 Å². The van der Waals surface area contributed by atoms with Crippen LogP contribution in [0.15, 0.2) is 28.2 Å². The molecule has 1 unspecified atom stereocenters. The Balaban J connectivity index is 1.79. The number of halogens is 4. The maximum Gasteiger partial charge on any atom is 0.419 e. The number of amides is 1. The number of carbonyl (C=O) groups is 1. The number of fused-ring (bicyclic) bond motifs is 1. The van der Waals surface area contributed by atoms with Crippen molar-refractivity contribution in [2.24, 2.45) is 0 Å². The number of thioether (sulfide) groups is 1. The lowest BCUT2D eigenvalue weighted by Gasteiger charge is -2.15. The summed E-state index contributed by atoms with van der Waals surface area (Å²) >= 11 is 1.35. The number of hydrogen-bond donors (Lipinski definition) is 1. The number of aryl methyl sites for hydroxylation is 1. The molecule has 0 fully saturated rings. The van der Waals surface area contributed by atoms with Crippen LogP contribution in [-0.4, -0.2) is 21.2 Å². The van der Waals surface area contributed by atoms with E-state index in [1.165, 1.54) is 16.3 Å². The molecule has 28 heavy (non-hydrogen) atoms. The predicted octanol–water partition coefficient (Wildman–Crippen LogP) is 3.95. The molecule has 0 saturated heterocycles. The first-order valence-corrected chi connectivity index (χ1v) is 9.51. The minimum Gasteiger partial charge on any atom is -0.326 e. The fraction of sp³-hybridized carbons (Fsp3) is 0.389. The minimum atomic E-state index is -4.86. The van der Waals surface area contributed by atoms with Gasteiger partial charge in [-0.3, -0.25) is 14.2 Å². The van der Waals surface area contributed by atoms with Gasteiger partial charge in [-0.25, -0.2) is 9.37 Å². The lowest BCUT2D eigenvalue weighted by Crippen LogP contribution is -2.30. The predicted molar refractivity (Wildman–Crippen MR) is 97.0 cm³/mol. The Bertz CT molecular complexity index is 988. The average molecular weight is 415 g/mol. The summed E-state index contributed by atoms with van der Waals surface area (Å²) in [5.41, 5.74) is -0.579. The first kappa shape index (κ1) is 20.4. The number of aromatic nitrogens is 2. The number of carbonyl (C=O) groups excluding carboxylic acids is 1. The summed E-state index contributed by atoms with van der Waals surface area (Å²) in [5, 5.41) is 2.87. The Morgan fingerprint density at radius 2 is 2.11 bits per heavy atom. The molecule has 1 aliphatic heterocycles. The van der Waals surface area contributed by atoms with Crippen LogP contribution in [0.5, 0.6) is 0 Å². The first-order valence-electron chi connectivity index (χ1n) is 8.53. The van der Waals surface area contributed by atoms with Crippen LogP contribution >= 0.6 is 11.8 Å². The molecule has 1 N–H and O–H groups in total. The van der Waals surface area contributed by atoms with Crippen LogP contribution in [0.4, 0.5) is 23.2 Å². The SMILES string of the molecule is CCc1c(C)nc2n(c1=O)C(CC(=O)Nc1ccc(F)c(C(F)(F)F)c1)CS2. The molecule has 0 spiro atoms. The Labute approximate surface area is 162 Å². The van der Waals surface area contributed by atoms with E-state index in [9.17, 15) is 27.2 Å². The molecule has 0 saturated carbocycles. The van der Waals surface area contributed by atoms with Crippen molar-refractivity contribution in [2.75, 3.05) is 11.1 Å². The van der Waals surface area contributed by atoms with Crippen LogP contribution in [0.2, 0.25) is 0 Å². The molecule has 2 aromatic rings. The van der Waals surface area contributed by atoms with Gasteiger partial charge < -0.3 is 5.32 Å². The molecule has 3 rings (SSSR count). The molecule has 5 nitrogen and oxygen atoms in total. The monoisotopic (exact) mass is 415 g/mol. The average Bonchev–Trinajstić information content (AvgIpc) is 2.98. The van der Waals surface area contributed by atoms with Crippen LogP contribution in [0.25, 0.3) is 0 Å². The summed E-state index contributed by atoms with van der Waals surface area (Å²) in [6.07, 6.45) is -4.46. The van der Waals surface area contributed by atoms with Crippen molar-refractivity contribution in [3.05, 3.63) is 51.2 Å². The third kappa shape index (κ3) is 3.91. The van der Waals surface area contributed by atoms with Gasteiger partial charge >= 0.3 is 6.18 Å². The van der Waals surface area contributed by atoms with Crippen molar-refractivity contribution in [1.29, 1.82) is 0 Å². The fourth-order valence-corrected chi connectivity index (χ4v) is 4.31. The van der Waals surface area contributed by atoms with Gasteiger partial charge in [-0.2, -0.15) is 13.2 Å². The van der Waals surface area contributed by atoms with E-state index in [1.54, 1.807) is 6.92 Å². The molecular weight excluding hydrogens is 398 g/mol. The van der Waals surface area contributed by atoms with E-state index in [2.05, 4.69) is 10.3 Å². The van der Waals surface area contributed by atoms with Gasteiger partial charge in [0.25, 0.3) is 5.56 Å². The Morgan fingerprint density at radius 1 is 1.39 bits per heavy atom. The van der Waals surface area contributed by atoms with Gasteiger partial charge in [0.1, 0.15) is 5.82 Å². The van der Waals surface area contributed by atoms with Gasteiger partial charge in [0, 0.05) is 29.1 Å². The Hall–Kier alpha value is -2.36. The second-order valence-electron chi connectivity index (χ2n) is 6.40. The van der Waals surface area contributed by atoms with Crippen molar-refractivity contribution in [1.82, 2.24) is 9.55 Å². The lowest BCUT2D eigenvalue weighted by atomic mass is 10.1. The molecule has 0 aliphatic carbocycles. The molecule has 1 amide bonds. The summed E-state index contributed by atoms with van der Waals surface area (Å²) in [5.74, 6) is -1.52.